The van der Waals surface area contributed by atoms with Gasteiger partial charge in [0.05, 0.1) is 0 Å². The molecule has 0 spiro atoms. The van der Waals surface area contributed by atoms with E-state index in [1.165, 1.54) is 0 Å². The highest BCUT2D eigenvalue weighted by atomic mass is 16.4. The van der Waals surface area contributed by atoms with Gasteiger partial charge in [-0.1, -0.05) is 13.8 Å². The fourth-order valence-corrected chi connectivity index (χ4v) is 1.43. The fourth-order valence-electron chi connectivity index (χ4n) is 1.43. The number of aromatic nitrogens is 2. The first kappa shape index (κ1) is 14.0. The number of aryl methyl sites for hydroxylation is 2. The van der Waals surface area contributed by atoms with E-state index in [4.69, 9.17) is 5.11 Å². The van der Waals surface area contributed by atoms with Gasteiger partial charge in [-0.2, -0.15) is 5.10 Å². The summed E-state index contributed by atoms with van der Waals surface area (Å²) in [5.74, 6) is -0.864. The maximum Gasteiger partial charge on any atom is 0.326 e. The molecule has 0 unspecified atom stereocenters. The van der Waals surface area contributed by atoms with Crippen molar-refractivity contribution in [3.63, 3.8) is 0 Å². The SMILES string of the molecule is Cc1cc(NC(=O)N[C@H](C(=O)O)C(C)C)nn1C. The maximum atomic E-state index is 11.6. The molecule has 0 aliphatic rings. The van der Waals surface area contributed by atoms with Crippen LogP contribution in [0, 0.1) is 12.8 Å². The number of rotatable bonds is 4. The average Bonchev–Trinajstić information content (AvgIpc) is 2.53. The zero-order valence-corrected chi connectivity index (χ0v) is 10.9. The van der Waals surface area contributed by atoms with E-state index in [2.05, 4.69) is 15.7 Å². The third kappa shape index (κ3) is 3.47. The molecular weight excluding hydrogens is 236 g/mol. The van der Waals surface area contributed by atoms with Crippen LogP contribution in [0.5, 0.6) is 0 Å². The molecule has 18 heavy (non-hydrogen) atoms. The summed E-state index contributed by atoms with van der Waals surface area (Å²) in [4.78, 5) is 22.5. The molecule has 2 amide bonds. The van der Waals surface area contributed by atoms with E-state index in [-0.39, 0.29) is 5.92 Å². The van der Waals surface area contributed by atoms with Crippen molar-refractivity contribution in [2.75, 3.05) is 5.32 Å². The highest BCUT2D eigenvalue weighted by Crippen LogP contribution is 2.07. The standard InChI is InChI=1S/C11H18N4O3/c1-6(2)9(10(16)17)13-11(18)12-8-5-7(3)15(4)14-8/h5-6,9H,1-4H3,(H,16,17)(H2,12,13,14,18)/t9-/m0/s1. The first-order chi connectivity index (χ1) is 8.31. The number of carboxylic acid groups (broad SMARTS) is 1. The Labute approximate surface area is 105 Å². The second-order valence-corrected chi connectivity index (χ2v) is 4.45. The molecule has 0 bridgehead atoms. The average molecular weight is 254 g/mol. The van der Waals surface area contributed by atoms with Crippen LogP contribution in [0.1, 0.15) is 19.5 Å². The molecule has 7 nitrogen and oxygen atoms in total. The molecular formula is C11H18N4O3. The van der Waals surface area contributed by atoms with Crippen molar-refractivity contribution in [1.82, 2.24) is 15.1 Å². The zero-order chi connectivity index (χ0) is 13.9. The normalized spacial score (nSPS) is 12.3. The van der Waals surface area contributed by atoms with Crippen molar-refractivity contribution >= 4 is 17.8 Å². The lowest BCUT2D eigenvalue weighted by Crippen LogP contribution is -2.46. The lowest BCUT2D eigenvalue weighted by Gasteiger charge is -2.17. The van der Waals surface area contributed by atoms with Crippen molar-refractivity contribution in [3.05, 3.63) is 11.8 Å². The summed E-state index contributed by atoms with van der Waals surface area (Å²) in [6.45, 7) is 5.30. The second-order valence-electron chi connectivity index (χ2n) is 4.45. The van der Waals surface area contributed by atoms with E-state index in [9.17, 15) is 9.59 Å². The number of hydrogen-bond donors (Lipinski definition) is 3. The smallest absolute Gasteiger partial charge is 0.326 e. The van der Waals surface area contributed by atoms with Gasteiger partial charge in [-0.25, -0.2) is 9.59 Å². The Morgan fingerprint density at radius 2 is 2.06 bits per heavy atom. The number of carboxylic acids is 1. The topological polar surface area (TPSA) is 96.2 Å². The van der Waals surface area contributed by atoms with Gasteiger partial charge in [0.1, 0.15) is 6.04 Å². The van der Waals surface area contributed by atoms with Crippen LogP contribution in [0.2, 0.25) is 0 Å². The number of carbonyl (C=O) groups is 2. The van der Waals surface area contributed by atoms with Crippen LogP contribution in [0.4, 0.5) is 10.6 Å². The largest absolute Gasteiger partial charge is 0.480 e. The number of aliphatic carboxylic acids is 1. The van der Waals surface area contributed by atoms with Crippen molar-refractivity contribution in [2.24, 2.45) is 13.0 Å². The van der Waals surface area contributed by atoms with E-state index in [0.29, 0.717) is 5.82 Å². The molecule has 0 saturated heterocycles. The monoisotopic (exact) mass is 254 g/mol. The van der Waals surface area contributed by atoms with Gasteiger partial charge in [-0.3, -0.25) is 10.00 Å². The van der Waals surface area contributed by atoms with Crippen molar-refractivity contribution in [2.45, 2.75) is 26.8 Å². The van der Waals surface area contributed by atoms with Gasteiger partial charge in [0.2, 0.25) is 0 Å². The lowest BCUT2D eigenvalue weighted by atomic mass is 10.1. The summed E-state index contributed by atoms with van der Waals surface area (Å²) < 4.78 is 1.62. The van der Waals surface area contributed by atoms with Gasteiger partial charge in [0.25, 0.3) is 0 Å². The minimum atomic E-state index is -1.06. The molecule has 1 aromatic heterocycles. The number of nitrogens with zero attached hydrogens (tertiary/aromatic N) is 2. The molecule has 0 aliphatic heterocycles. The Kier molecular flexibility index (Phi) is 4.30. The predicted molar refractivity (Wildman–Crippen MR) is 66.4 cm³/mol. The number of nitrogens with one attached hydrogen (secondary N) is 2. The maximum absolute atomic E-state index is 11.6. The summed E-state index contributed by atoms with van der Waals surface area (Å²) in [6, 6.07) is 0.203. The number of carbonyl (C=O) groups excluding carboxylic acids is 1. The van der Waals surface area contributed by atoms with Gasteiger partial charge in [0.15, 0.2) is 5.82 Å². The minimum Gasteiger partial charge on any atom is -0.480 e. The molecule has 3 N–H and O–H groups in total. The Morgan fingerprint density at radius 3 is 2.44 bits per heavy atom. The quantitative estimate of drug-likeness (QED) is 0.745. The molecule has 1 heterocycles. The van der Waals surface area contributed by atoms with E-state index < -0.39 is 18.0 Å². The third-order valence-corrected chi connectivity index (χ3v) is 2.57. The third-order valence-electron chi connectivity index (χ3n) is 2.57. The minimum absolute atomic E-state index is 0.196. The summed E-state index contributed by atoms with van der Waals surface area (Å²) in [5, 5.41) is 17.9. The van der Waals surface area contributed by atoms with Crippen LogP contribution in [0.3, 0.4) is 0 Å². The fraction of sp³-hybridized carbons (Fsp3) is 0.545. The highest BCUT2D eigenvalue weighted by Gasteiger charge is 2.23. The zero-order valence-electron chi connectivity index (χ0n) is 10.9. The van der Waals surface area contributed by atoms with Gasteiger partial charge < -0.3 is 10.4 Å². The molecule has 0 fully saturated rings. The van der Waals surface area contributed by atoms with E-state index in [1.54, 1.807) is 31.6 Å². The summed E-state index contributed by atoms with van der Waals surface area (Å²) in [7, 11) is 1.76. The number of amides is 2. The molecule has 1 aromatic rings. The molecule has 1 atom stereocenters. The van der Waals surface area contributed by atoms with Gasteiger partial charge in [-0.05, 0) is 12.8 Å². The van der Waals surface area contributed by atoms with Crippen molar-refractivity contribution in [3.8, 4) is 0 Å². The second kappa shape index (κ2) is 5.52. The Hall–Kier alpha value is -2.05. The molecule has 1 rings (SSSR count). The van der Waals surface area contributed by atoms with E-state index in [1.807, 2.05) is 6.92 Å². The van der Waals surface area contributed by atoms with Crippen molar-refractivity contribution in [1.29, 1.82) is 0 Å². The van der Waals surface area contributed by atoms with Crippen molar-refractivity contribution < 1.29 is 14.7 Å². The van der Waals surface area contributed by atoms with Crippen LogP contribution in [0.15, 0.2) is 6.07 Å². The Balaban J connectivity index is 2.63. The van der Waals surface area contributed by atoms with Gasteiger partial charge in [0, 0.05) is 18.8 Å². The lowest BCUT2D eigenvalue weighted by molar-refractivity contribution is -0.140. The Morgan fingerprint density at radius 1 is 1.44 bits per heavy atom. The van der Waals surface area contributed by atoms with Gasteiger partial charge >= 0.3 is 12.0 Å². The first-order valence-corrected chi connectivity index (χ1v) is 5.62. The van der Waals surface area contributed by atoms with Crippen LogP contribution >= 0.6 is 0 Å². The van der Waals surface area contributed by atoms with Crippen LogP contribution in [-0.2, 0) is 11.8 Å². The van der Waals surface area contributed by atoms with Crippen LogP contribution in [0.25, 0.3) is 0 Å². The molecule has 0 saturated carbocycles. The van der Waals surface area contributed by atoms with Crippen LogP contribution < -0.4 is 10.6 Å². The van der Waals surface area contributed by atoms with E-state index >= 15 is 0 Å². The molecule has 0 radical (unpaired) electrons. The van der Waals surface area contributed by atoms with E-state index in [0.717, 1.165) is 5.69 Å². The summed E-state index contributed by atoms with van der Waals surface area (Å²) >= 11 is 0. The van der Waals surface area contributed by atoms with Crippen LogP contribution in [-0.4, -0.2) is 32.9 Å². The predicted octanol–water partition coefficient (Wildman–Crippen LogP) is 0.959. The first-order valence-electron chi connectivity index (χ1n) is 5.62. The summed E-state index contributed by atoms with van der Waals surface area (Å²) in [6.07, 6.45) is 0. The molecule has 0 aromatic carbocycles. The number of urea groups is 1. The summed E-state index contributed by atoms with van der Waals surface area (Å²) in [5.41, 5.74) is 0.893. The number of anilines is 1. The number of hydrogen-bond acceptors (Lipinski definition) is 3. The molecule has 7 heteroatoms. The Bertz CT molecular complexity index is 434. The molecule has 100 valence electrons. The highest BCUT2D eigenvalue weighted by molar-refractivity contribution is 5.91. The molecule has 0 aliphatic carbocycles. The van der Waals surface area contributed by atoms with Gasteiger partial charge in [-0.15, -0.1) is 0 Å².